The molecule has 0 unspecified atom stereocenters. The first kappa shape index (κ1) is 13.8. The molecular formula is C11H4BrCl2N3O2S. The van der Waals surface area contributed by atoms with E-state index in [1.807, 2.05) is 0 Å². The number of rotatable bonds is 2. The number of nitrogens with zero attached hydrogens (tertiary/aromatic N) is 2. The molecule has 0 fully saturated rings. The number of benzene rings is 1. The second-order valence-electron chi connectivity index (χ2n) is 3.73. The van der Waals surface area contributed by atoms with Gasteiger partial charge in [0.2, 0.25) is 0 Å². The number of hydrogen-bond donors (Lipinski definition) is 1. The Morgan fingerprint density at radius 3 is 2.70 bits per heavy atom. The summed E-state index contributed by atoms with van der Waals surface area (Å²) in [5, 5.41) is 3.33. The molecule has 20 heavy (non-hydrogen) atoms. The van der Waals surface area contributed by atoms with Crippen LogP contribution in [0.25, 0.3) is 11.0 Å². The van der Waals surface area contributed by atoms with E-state index in [0.717, 1.165) is 11.7 Å². The Kier molecular flexibility index (Phi) is 3.68. The van der Waals surface area contributed by atoms with Gasteiger partial charge in [-0.1, -0.05) is 23.2 Å². The third-order valence-electron chi connectivity index (χ3n) is 2.48. The summed E-state index contributed by atoms with van der Waals surface area (Å²) in [6.07, 6.45) is 0. The topological polar surface area (TPSA) is 68.0 Å². The van der Waals surface area contributed by atoms with Gasteiger partial charge in [0, 0.05) is 0 Å². The molecule has 3 rings (SSSR count). The predicted octanol–water partition coefficient (Wildman–Crippen LogP) is 4.61. The van der Waals surface area contributed by atoms with E-state index in [0.29, 0.717) is 26.4 Å². The number of halogens is 3. The molecule has 0 atom stereocenters. The monoisotopic (exact) mass is 391 g/mol. The van der Waals surface area contributed by atoms with Crippen LogP contribution < -0.4 is 5.32 Å². The van der Waals surface area contributed by atoms with Gasteiger partial charge < -0.3 is 9.73 Å². The van der Waals surface area contributed by atoms with Crippen LogP contribution in [0.5, 0.6) is 0 Å². The normalized spacial score (nSPS) is 10.9. The van der Waals surface area contributed by atoms with Crippen LogP contribution in [-0.4, -0.2) is 14.7 Å². The molecule has 0 spiro atoms. The van der Waals surface area contributed by atoms with Gasteiger partial charge in [-0.25, -0.2) is 0 Å². The summed E-state index contributed by atoms with van der Waals surface area (Å²) in [7, 11) is 0. The smallest absolute Gasteiger partial charge is 0.291 e. The minimum atomic E-state index is -0.436. The zero-order valence-corrected chi connectivity index (χ0v) is 13.4. The van der Waals surface area contributed by atoms with Crippen LogP contribution in [0.1, 0.15) is 10.6 Å². The Hall–Kier alpha value is -1.15. The lowest BCUT2D eigenvalue weighted by Crippen LogP contribution is -2.11. The summed E-state index contributed by atoms with van der Waals surface area (Å²) < 4.78 is 13.8. The molecule has 0 saturated carbocycles. The molecule has 1 amide bonds. The van der Waals surface area contributed by atoms with Gasteiger partial charge in [-0.15, -0.1) is 0 Å². The van der Waals surface area contributed by atoms with Crippen LogP contribution >= 0.6 is 50.9 Å². The molecule has 0 radical (unpaired) electrons. The first-order valence-corrected chi connectivity index (χ1v) is 7.51. The Morgan fingerprint density at radius 2 is 2.00 bits per heavy atom. The number of furan rings is 1. The number of hydrogen-bond acceptors (Lipinski definition) is 5. The molecule has 0 bridgehead atoms. The molecule has 0 aliphatic carbocycles. The van der Waals surface area contributed by atoms with Gasteiger partial charge in [-0.3, -0.25) is 4.79 Å². The van der Waals surface area contributed by atoms with Gasteiger partial charge in [0.05, 0.1) is 27.5 Å². The summed E-state index contributed by atoms with van der Waals surface area (Å²) in [6, 6.07) is 4.68. The fourth-order valence-electron chi connectivity index (χ4n) is 1.60. The van der Waals surface area contributed by atoms with E-state index in [4.69, 9.17) is 27.6 Å². The highest BCUT2D eigenvalue weighted by atomic mass is 79.9. The molecule has 0 aliphatic heterocycles. The summed E-state index contributed by atoms with van der Waals surface area (Å²) >= 11 is 16.2. The zero-order valence-electron chi connectivity index (χ0n) is 9.49. The van der Waals surface area contributed by atoms with Crippen LogP contribution in [0.3, 0.4) is 0 Å². The SMILES string of the molecule is O=C(Nc1c(Cl)cc(Cl)c2nsnc12)c1ccc(Br)o1. The average molecular weight is 393 g/mol. The van der Waals surface area contributed by atoms with E-state index in [-0.39, 0.29) is 10.8 Å². The quantitative estimate of drug-likeness (QED) is 0.691. The Balaban J connectivity index is 2.02. The number of nitrogens with one attached hydrogen (secondary N) is 1. The fourth-order valence-corrected chi connectivity index (χ4v) is 3.07. The summed E-state index contributed by atoms with van der Waals surface area (Å²) in [4.78, 5) is 12.1. The number of fused-ring (bicyclic) bond motifs is 1. The number of carbonyl (C=O) groups is 1. The van der Waals surface area contributed by atoms with Crippen LogP contribution in [0, 0.1) is 0 Å². The Bertz CT molecular complexity index is 817. The largest absolute Gasteiger partial charge is 0.444 e. The van der Waals surface area contributed by atoms with E-state index in [1.165, 1.54) is 6.07 Å². The second-order valence-corrected chi connectivity index (χ2v) is 5.86. The second kappa shape index (κ2) is 5.33. The Labute approximate surface area is 135 Å². The predicted molar refractivity (Wildman–Crippen MR) is 81.8 cm³/mol. The van der Waals surface area contributed by atoms with Gasteiger partial charge in [-0.2, -0.15) is 8.75 Å². The first-order valence-electron chi connectivity index (χ1n) is 5.23. The summed E-state index contributed by atoms with van der Waals surface area (Å²) in [5.41, 5.74) is 1.31. The van der Waals surface area contributed by atoms with Gasteiger partial charge >= 0.3 is 0 Å². The van der Waals surface area contributed by atoms with Gasteiger partial charge in [0.15, 0.2) is 10.4 Å². The maximum atomic E-state index is 12.1. The lowest BCUT2D eigenvalue weighted by molar-refractivity contribution is 0.0995. The molecule has 5 nitrogen and oxygen atoms in total. The molecular weight excluding hydrogens is 389 g/mol. The molecule has 1 aromatic carbocycles. The lowest BCUT2D eigenvalue weighted by atomic mass is 10.2. The number of carbonyl (C=O) groups excluding carboxylic acids is 1. The number of amides is 1. The first-order chi connectivity index (χ1) is 9.56. The lowest BCUT2D eigenvalue weighted by Gasteiger charge is -2.07. The van der Waals surface area contributed by atoms with Gasteiger partial charge in [-0.05, 0) is 34.1 Å². The minimum Gasteiger partial charge on any atom is -0.444 e. The van der Waals surface area contributed by atoms with Crippen LogP contribution in [-0.2, 0) is 0 Å². The third kappa shape index (κ3) is 2.42. The summed E-state index contributed by atoms with van der Waals surface area (Å²) in [6.45, 7) is 0. The molecule has 2 heterocycles. The minimum absolute atomic E-state index is 0.152. The Morgan fingerprint density at radius 1 is 1.25 bits per heavy atom. The van der Waals surface area contributed by atoms with Crippen molar-refractivity contribution in [3.63, 3.8) is 0 Å². The molecule has 9 heteroatoms. The average Bonchev–Trinajstić information content (AvgIpc) is 3.02. The van der Waals surface area contributed by atoms with Gasteiger partial charge in [0.25, 0.3) is 5.91 Å². The van der Waals surface area contributed by atoms with Crippen molar-refractivity contribution in [2.24, 2.45) is 0 Å². The van der Waals surface area contributed by atoms with Crippen molar-refractivity contribution >= 4 is 73.5 Å². The van der Waals surface area contributed by atoms with Crippen LogP contribution in [0.4, 0.5) is 5.69 Å². The van der Waals surface area contributed by atoms with Crippen molar-refractivity contribution in [3.05, 3.63) is 38.7 Å². The molecule has 0 saturated heterocycles. The third-order valence-corrected chi connectivity index (χ3v) is 4.02. The van der Waals surface area contributed by atoms with Crippen molar-refractivity contribution < 1.29 is 9.21 Å². The van der Waals surface area contributed by atoms with E-state index in [2.05, 4.69) is 30.0 Å². The van der Waals surface area contributed by atoms with Crippen molar-refractivity contribution in [1.29, 1.82) is 0 Å². The molecule has 0 aliphatic rings. The highest BCUT2D eigenvalue weighted by Gasteiger charge is 2.18. The van der Waals surface area contributed by atoms with Gasteiger partial charge in [0.1, 0.15) is 11.0 Å². The van der Waals surface area contributed by atoms with E-state index >= 15 is 0 Å². The van der Waals surface area contributed by atoms with Crippen molar-refractivity contribution in [2.45, 2.75) is 0 Å². The molecule has 102 valence electrons. The fraction of sp³-hybridized carbons (Fsp3) is 0. The van der Waals surface area contributed by atoms with Crippen molar-refractivity contribution in [3.8, 4) is 0 Å². The molecule has 1 N–H and O–H groups in total. The summed E-state index contributed by atoms with van der Waals surface area (Å²) in [5.74, 6) is -0.284. The highest BCUT2D eigenvalue weighted by Crippen LogP contribution is 2.35. The van der Waals surface area contributed by atoms with Crippen LogP contribution in [0.15, 0.2) is 27.3 Å². The standard InChI is InChI=1S/C11H4BrCl2N3O2S/c12-7-2-1-6(19-7)11(18)15-8-4(13)3-5(14)9-10(8)17-20-16-9/h1-3H,(H,15,18). The molecule has 3 aromatic rings. The van der Waals surface area contributed by atoms with Crippen LogP contribution in [0.2, 0.25) is 10.0 Å². The van der Waals surface area contributed by atoms with Crippen molar-refractivity contribution in [1.82, 2.24) is 8.75 Å². The highest BCUT2D eigenvalue weighted by molar-refractivity contribution is 9.10. The van der Waals surface area contributed by atoms with Crippen molar-refractivity contribution in [2.75, 3.05) is 5.32 Å². The maximum Gasteiger partial charge on any atom is 0.291 e. The van der Waals surface area contributed by atoms with E-state index < -0.39 is 5.91 Å². The van der Waals surface area contributed by atoms with E-state index in [9.17, 15) is 4.79 Å². The van der Waals surface area contributed by atoms with E-state index in [1.54, 1.807) is 12.1 Å². The maximum absolute atomic E-state index is 12.1. The number of anilines is 1. The zero-order chi connectivity index (χ0) is 14.3. The molecule has 2 aromatic heterocycles. The number of aromatic nitrogens is 2.